The van der Waals surface area contributed by atoms with Crippen molar-refractivity contribution < 1.29 is 24.1 Å². The number of hydrogen-bond donors (Lipinski definition) is 2. The quantitative estimate of drug-likeness (QED) is 0.555. The molecule has 2 aliphatic carbocycles. The lowest BCUT2D eigenvalue weighted by molar-refractivity contribution is -0.214. The highest BCUT2D eigenvalue weighted by Gasteiger charge is 2.62. The highest BCUT2D eigenvalue weighted by molar-refractivity contribution is 5.82. The highest BCUT2D eigenvalue weighted by Crippen LogP contribution is 2.49. The van der Waals surface area contributed by atoms with Crippen LogP contribution in [0.3, 0.4) is 0 Å². The summed E-state index contributed by atoms with van der Waals surface area (Å²) in [5.74, 6) is -0.637. The summed E-state index contributed by atoms with van der Waals surface area (Å²) >= 11 is 0. The van der Waals surface area contributed by atoms with Crippen LogP contribution in [-0.4, -0.2) is 61.2 Å². The Morgan fingerprint density at radius 1 is 1.06 bits per heavy atom. The van der Waals surface area contributed by atoms with Gasteiger partial charge in [0.05, 0.1) is 6.33 Å². The molecular formula is C26H29N5O5. The molecule has 3 aromatic rings. The number of carboxylic acids is 1. The predicted molar refractivity (Wildman–Crippen MR) is 128 cm³/mol. The van der Waals surface area contributed by atoms with Crippen molar-refractivity contribution in [3.8, 4) is 0 Å². The van der Waals surface area contributed by atoms with Crippen LogP contribution in [0.5, 0.6) is 0 Å². The van der Waals surface area contributed by atoms with Crippen molar-refractivity contribution in [3.63, 3.8) is 0 Å². The van der Waals surface area contributed by atoms with Crippen molar-refractivity contribution >= 4 is 23.0 Å². The number of imidazole rings is 1. The Hall–Kier alpha value is -3.08. The van der Waals surface area contributed by atoms with E-state index >= 15 is 0 Å². The fraction of sp³-hybridized carbons (Fsp3) is 0.538. The van der Waals surface area contributed by atoms with Gasteiger partial charge in [0.15, 0.2) is 35.1 Å². The molecule has 3 fully saturated rings. The van der Waals surface area contributed by atoms with E-state index < -0.39 is 36.3 Å². The summed E-state index contributed by atoms with van der Waals surface area (Å²) in [6, 6.07) is 8.12. The standard InChI is InChI=1S/C26H29N5O5/c32-25(33)21-19-20(36-26(35-19)10-16-8-4-5-9-17(16)11-26)24(34-21)31-14-30-18-22(28-13-29-23(18)31)27-12-15-6-2-1-3-7-15/h4-5,8-9,13-15,19-21,24H,1-3,6-7,10-12H2,(H,32,33)(H,27,28,29)/t19?,20?,21-,24+/m0/s1. The number of benzene rings is 1. The Bertz CT molecular complexity index is 1280. The molecule has 2 N–H and O–H groups in total. The van der Waals surface area contributed by atoms with Gasteiger partial charge in [-0.25, -0.2) is 19.7 Å². The molecule has 4 atom stereocenters. The van der Waals surface area contributed by atoms with E-state index in [1.54, 1.807) is 10.9 Å². The van der Waals surface area contributed by atoms with Crippen molar-refractivity contribution in [1.82, 2.24) is 19.5 Å². The van der Waals surface area contributed by atoms with Crippen LogP contribution in [0.1, 0.15) is 49.5 Å². The molecule has 2 aromatic heterocycles. The van der Waals surface area contributed by atoms with Crippen LogP contribution < -0.4 is 5.32 Å². The van der Waals surface area contributed by atoms with E-state index in [1.807, 2.05) is 12.1 Å². The second-order valence-electron chi connectivity index (χ2n) is 10.4. The van der Waals surface area contributed by atoms with Gasteiger partial charge in [0, 0.05) is 19.4 Å². The normalized spacial score (nSPS) is 29.0. The molecule has 1 saturated carbocycles. The molecule has 2 saturated heterocycles. The largest absolute Gasteiger partial charge is 0.479 e. The second kappa shape index (κ2) is 8.50. The number of carboxylic acid groups (broad SMARTS) is 1. The molecule has 36 heavy (non-hydrogen) atoms. The van der Waals surface area contributed by atoms with Gasteiger partial charge in [-0.3, -0.25) is 4.57 Å². The Kier molecular flexibility index (Phi) is 5.23. The van der Waals surface area contributed by atoms with E-state index in [9.17, 15) is 9.90 Å². The zero-order chi connectivity index (χ0) is 24.3. The monoisotopic (exact) mass is 491 g/mol. The van der Waals surface area contributed by atoms with E-state index in [0.717, 1.165) is 17.7 Å². The number of fused-ring (bicyclic) bond motifs is 3. The van der Waals surface area contributed by atoms with Crippen LogP contribution in [0.2, 0.25) is 0 Å². The minimum atomic E-state index is -1.15. The summed E-state index contributed by atoms with van der Waals surface area (Å²) in [6.07, 6.45) is 7.42. The van der Waals surface area contributed by atoms with E-state index in [0.29, 0.717) is 35.7 Å². The third-order valence-corrected chi connectivity index (χ3v) is 8.09. The van der Waals surface area contributed by atoms with Gasteiger partial charge in [0.2, 0.25) is 0 Å². The fourth-order valence-electron chi connectivity index (χ4n) is 6.35. The number of hydrogen-bond acceptors (Lipinski definition) is 8. The molecule has 2 unspecified atom stereocenters. The van der Waals surface area contributed by atoms with Gasteiger partial charge in [0.1, 0.15) is 18.5 Å². The van der Waals surface area contributed by atoms with Gasteiger partial charge in [-0.1, -0.05) is 43.5 Å². The van der Waals surface area contributed by atoms with Gasteiger partial charge in [-0.2, -0.15) is 0 Å². The number of anilines is 1. The summed E-state index contributed by atoms with van der Waals surface area (Å²) in [6.45, 7) is 0.852. The van der Waals surface area contributed by atoms with Crippen molar-refractivity contribution in [2.75, 3.05) is 11.9 Å². The minimum absolute atomic E-state index is 0.574. The number of aromatic nitrogens is 4. The summed E-state index contributed by atoms with van der Waals surface area (Å²) < 4.78 is 20.6. The first-order chi connectivity index (χ1) is 17.6. The number of aliphatic carboxylic acids is 1. The van der Waals surface area contributed by atoms with Gasteiger partial charge in [0.25, 0.3) is 0 Å². The van der Waals surface area contributed by atoms with Crippen molar-refractivity contribution in [2.24, 2.45) is 5.92 Å². The second-order valence-corrected chi connectivity index (χ2v) is 10.4. The van der Waals surface area contributed by atoms with E-state index in [2.05, 4.69) is 32.4 Å². The molecule has 0 radical (unpaired) electrons. The van der Waals surface area contributed by atoms with Gasteiger partial charge in [-0.05, 0) is 29.9 Å². The Morgan fingerprint density at radius 2 is 1.81 bits per heavy atom. The molecule has 2 aliphatic heterocycles. The minimum Gasteiger partial charge on any atom is -0.479 e. The van der Waals surface area contributed by atoms with Crippen molar-refractivity contribution in [1.29, 1.82) is 0 Å². The lowest BCUT2D eigenvalue weighted by Gasteiger charge is -2.26. The van der Waals surface area contributed by atoms with E-state index in [4.69, 9.17) is 14.2 Å². The Balaban J connectivity index is 1.17. The fourth-order valence-corrected chi connectivity index (χ4v) is 6.35. The van der Waals surface area contributed by atoms with Crippen LogP contribution in [0, 0.1) is 5.92 Å². The van der Waals surface area contributed by atoms with E-state index in [1.165, 1.54) is 38.4 Å². The Labute approximate surface area is 208 Å². The van der Waals surface area contributed by atoms with Crippen LogP contribution in [0.25, 0.3) is 11.2 Å². The molecule has 0 amide bonds. The van der Waals surface area contributed by atoms with Crippen LogP contribution in [-0.2, 0) is 31.8 Å². The molecule has 4 aliphatic rings. The predicted octanol–water partition coefficient (Wildman–Crippen LogP) is 3.08. The Morgan fingerprint density at radius 3 is 2.56 bits per heavy atom. The molecular weight excluding hydrogens is 462 g/mol. The number of rotatable bonds is 5. The molecule has 7 rings (SSSR count). The van der Waals surface area contributed by atoms with Crippen LogP contribution in [0.15, 0.2) is 36.9 Å². The summed E-state index contributed by atoms with van der Waals surface area (Å²) in [7, 11) is 0. The van der Waals surface area contributed by atoms with E-state index in [-0.39, 0.29) is 0 Å². The van der Waals surface area contributed by atoms with Crippen LogP contribution >= 0.6 is 0 Å². The average molecular weight is 492 g/mol. The van der Waals surface area contributed by atoms with Crippen LogP contribution in [0.4, 0.5) is 5.82 Å². The number of nitrogens with one attached hydrogen (secondary N) is 1. The lowest BCUT2D eigenvalue weighted by Crippen LogP contribution is -2.38. The summed E-state index contributed by atoms with van der Waals surface area (Å²) in [5.41, 5.74) is 3.53. The first kappa shape index (κ1) is 22.1. The molecule has 1 spiro atoms. The maximum Gasteiger partial charge on any atom is 0.335 e. The number of carbonyl (C=O) groups is 1. The molecule has 10 heteroatoms. The maximum absolute atomic E-state index is 12.1. The lowest BCUT2D eigenvalue weighted by atomic mass is 9.89. The zero-order valence-corrected chi connectivity index (χ0v) is 19.9. The summed E-state index contributed by atoms with van der Waals surface area (Å²) in [5, 5.41) is 13.4. The molecule has 0 bridgehead atoms. The van der Waals surface area contributed by atoms with Gasteiger partial charge >= 0.3 is 5.97 Å². The van der Waals surface area contributed by atoms with Gasteiger partial charge in [-0.15, -0.1) is 0 Å². The third kappa shape index (κ3) is 3.58. The topological polar surface area (TPSA) is 121 Å². The van der Waals surface area contributed by atoms with Crippen molar-refractivity contribution in [3.05, 3.63) is 48.0 Å². The zero-order valence-electron chi connectivity index (χ0n) is 19.9. The molecule has 1 aromatic carbocycles. The first-order valence-corrected chi connectivity index (χ1v) is 12.8. The highest BCUT2D eigenvalue weighted by atomic mass is 16.8. The summed E-state index contributed by atoms with van der Waals surface area (Å²) in [4.78, 5) is 25.6. The SMILES string of the molecule is O=C(O)[C@H]1O[C@@H](n2cnc3c(NCC4CCCCC4)ncnc32)C2OC3(Cc4ccccc4C3)OC21. The maximum atomic E-state index is 12.1. The molecule has 4 heterocycles. The van der Waals surface area contributed by atoms with Crippen molar-refractivity contribution in [2.45, 2.75) is 75.3 Å². The smallest absolute Gasteiger partial charge is 0.335 e. The first-order valence-electron chi connectivity index (χ1n) is 12.8. The third-order valence-electron chi connectivity index (χ3n) is 8.09. The van der Waals surface area contributed by atoms with Gasteiger partial charge < -0.3 is 24.6 Å². The number of nitrogens with zero attached hydrogens (tertiary/aromatic N) is 4. The molecule has 10 nitrogen and oxygen atoms in total. The average Bonchev–Trinajstić information content (AvgIpc) is 3.64. The number of ether oxygens (including phenoxy) is 3. The molecule has 188 valence electrons.